The number of aromatic nitrogens is 1. The van der Waals surface area contributed by atoms with Gasteiger partial charge < -0.3 is 20.1 Å². The van der Waals surface area contributed by atoms with E-state index in [1.165, 1.54) is 17.4 Å². The van der Waals surface area contributed by atoms with Gasteiger partial charge in [0, 0.05) is 17.0 Å². The zero-order valence-electron chi connectivity index (χ0n) is 16.1. The highest BCUT2D eigenvalue weighted by Gasteiger charge is 2.18. The number of thiazole rings is 1. The van der Waals surface area contributed by atoms with E-state index in [0.29, 0.717) is 16.6 Å². The van der Waals surface area contributed by atoms with E-state index in [0.717, 1.165) is 16.8 Å². The second-order valence-corrected chi connectivity index (χ2v) is 7.43. The summed E-state index contributed by atoms with van der Waals surface area (Å²) >= 11 is 1.31. The summed E-state index contributed by atoms with van der Waals surface area (Å²) < 4.78 is 10.7. The van der Waals surface area contributed by atoms with Gasteiger partial charge in [0.1, 0.15) is 6.04 Å². The predicted octanol–water partition coefficient (Wildman–Crippen LogP) is 3.70. The van der Waals surface area contributed by atoms with E-state index in [9.17, 15) is 9.59 Å². The molecule has 1 unspecified atom stereocenters. The number of ether oxygens (including phenoxy) is 2. The maximum absolute atomic E-state index is 12.4. The van der Waals surface area contributed by atoms with Gasteiger partial charge in [-0.3, -0.25) is 9.59 Å². The zero-order valence-corrected chi connectivity index (χ0v) is 16.9. The minimum Gasteiger partial charge on any atom is -0.454 e. The number of nitrogens with zero attached hydrogens (tertiary/aromatic N) is 1. The Labute approximate surface area is 177 Å². The van der Waals surface area contributed by atoms with Gasteiger partial charge in [0.2, 0.25) is 18.6 Å². The lowest BCUT2D eigenvalue weighted by atomic mass is 10.1. The molecular formula is C22H19N3O4S. The number of nitrogens with one attached hydrogen (secondary N) is 2. The van der Waals surface area contributed by atoms with Crippen LogP contribution in [0.4, 0.5) is 5.13 Å². The third kappa shape index (κ3) is 4.66. The maximum Gasteiger partial charge on any atom is 0.248 e. The van der Waals surface area contributed by atoms with Gasteiger partial charge in [0.15, 0.2) is 16.6 Å². The van der Waals surface area contributed by atoms with Crippen LogP contribution in [0.15, 0.2) is 60.0 Å². The van der Waals surface area contributed by atoms with E-state index in [4.69, 9.17) is 9.47 Å². The van der Waals surface area contributed by atoms with Gasteiger partial charge in [0.05, 0.1) is 5.69 Å². The van der Waals surface area contributed by atoms with Gasteiger partial charge in [-0.1, -0.05) is 30.3 Å². The Morgan fingerprint density at radius 3 is 2.77 bits per heavy atom. The van der Waals surface area contributed by atoms with Crippen LogP contribution in [0.1, 0.15) is 12.5 Å². The van der Waals surface area contributed by atoms with Crippen LogP contribution in [0.2, 0.25) is 0 Å². The number of fused-ring (bicyclic) bond motifs is 1. The standard InChI is InChI=1S/C22H19N3O4S/c1-14(23-20(26)10-7-15-5-3-2-4-6-15)21(27)25-22-24-17(12-30-22)16-8-9-18-19(11-16)29-13-28-18/h2-12,14H,13H2,1H3,(H,23,26)(H,24,25,27)/b10-7+. The molecule has 2 amide bonds. The maximum atomic E-state index is 12.4. The second-order valence-electron chi connectivity index (χ2n) is 6.57. The van der Waals surface area contributed by atoms with Crippen molar-refractivity contribution in [3.8, 4) is 22.8 Å². The van der Waals surface area contributed by atoms with Crippen molar-refractivity contribution in [1.82, 2.24) is 10.3 Å². The number of amides is 2. The number of hydrogen-bond donors (Lipinski definition) is 2. The minimum absolute atomic E-state index is 0.210. The molecule has 0 bridgehead atoms. The van der Waals surface area contributed by atoms with E-state index in [2.05, 4.69) is 15.6 Å². The van der Waals surface area contributed by atoms with E-state index in [1.54, 1.807) is 13.0 Å². The Morgan fingerprint density at radius 1 is 1.13 bits per heavy atom. The smallest absolute Gasteiger partial charge is 0.248 e. The predicted molar refractivity (Wildman–Crippen MR) is 115 cm³/mol. The third-order valence-corrected chi connectivity index (χ3v) is 5.14. The number of anilines is 1. The molecule has 0 aliphatic carbocycles. The second kappa shape index (κ2) is 8.79. The summed E-state index contributed by atoms with van der Waals surface area (Å²) in [6.45, 7) is 1.83. The lowest BCUT2D eigenvalue weighted by Gasteiger charge is -2.11. The normalized spacial score (nSPS) is 13.2. The van der Waals surface area contributed by atoms with Crippen molar-refractivity contribution >= 4 is 34.4 Å². The van der Waals surface area contributed by atoms with Gasteiger partial charge in [-0.15, -0.1) is 11.3 Å². The highest BCUT2D eigenvalue weighted by atomic mass is 32.1. The van der Waals surface area contributed by atoms with Crippen LogP contribution in [0.3, 0.4) is 0 Å². The van der Waals surface area contributed by atoms with Crippen LogP contribution in [-0.4, -0.2) is 29.6 Å². The van der Waals surface area contributed by atoms with Crippen LogP contribution in [0.5, 0.6) is 11.5 Å². The van der Waals surface area contributed by atoms with Crippen molar-refractivity contribution in [2.75, 3.05) is 12.1 Å². The summed E-state index contributed by atoms with van der Waals surface area (Å²) in [6.07, 6.45) is 3.10. The Morgan fingerprint density at radius 2 is 1.93 bits per heavy atom. The van der Waals surface area contributed by atoms with Crippen LogP contribution < -0.4 is 20.1 Å². The third-order valence-electron chi connectivity index (χ3n) is 4.38. The number of carbonyl (C=O) groups excluding carboxylic acids is 2. The molecule has 1 aliphatic rings. The van der Waals surface area contributed by atoms with Gasteiger partial charge in [0.25, 0.3) is 0 Å². The van der Waals surface area contributed by atoms with Crippen molar-refractivity contribution in [2.45, 2.75) is 13.0 Å². The monoisotopic (exact) mass is 421 g/mol. The van der Waals surface area contributed by atoms with Crippen molar-refractivity contribution in [1.29, 1.82) is 0 Å². The molecule has 0 saturated heterocycles. The first-order valence-corrected chi connectivity index (χ1v) is 10.2. The number of carbonyl (C=O) groups is 2. The molecule has 1 aliphatic heterocycles. The summed E-state index contributed by atoms with van der Waals surface area (Å²) in [5.74, 6) is 0.684. The van der Waals surface area contributed by atoms with E-state index < -0.39 is 6.04 Å². The molecule has 0 saturated carbocycles. The van der Waals surface area contributed by atoms with Crippen LogP contribution in [-0.2, 0) is 9.59 Å². The first-order chi connectivity index (χ1) is 14.6. The van der Waals surface area contributed by atoms with Crippen molar-refractivity contribution in [3.63, 3.8) is 0 Å². The number of benzene rings is 2. The highest BCUT2D eigenvalue weighted by molar-refractivity contribution is 7.14. The first-order valence-electron chi connectivity index (χ1n) is 9.28. The number of rotatable bonds is 6. The molecule has 8 heteroatoms. The van der Waals surface area contributed by atoms with Crippen molar-refractivity contribution < 1.29 is 19.1 Å². The van der Waals surface area contributed by atoms with E-state index in [1.807, 2.05) is 53.9 Å². The fourth-order valence-electron chi connectivity index (χ4n) is 2.80. The van der Waals surface area contributed by atoms with Gasteiger partial charge in [-0.05, 0) is 36.8 Å². The molecular weight excluding hydrogens is 402 g/mol. The highest BCUT2D eigenvalue weighted by Crippen LogP contribution is 2.36. The molecule has 7 nitrogen and oxygen atoms in total. The van der Waals surface area contributed by atoms with E-state index >= 15 is 0 Å². The summed E-state index contributed by atoms with van der Waals surface area (Å²) in [5, 5.41) is 7.68. The molecule has 1 atom stereocenters. The Hall–Kier alpha value is -3.65. The fourth-order valence-corrected chi connectivity index (χ4v) is 3.52. The van der Waals surface area contributed by atoms with Crippen LogP contribution in [0.25, 0.3) is 17.3 Å². The lowest BCUT2D eigenvalue weighted by molar-refractivity contribution is -0.123. The molecule has 0 radical (unpaired) electrons. The first kappa shape index (κ1) is 19.7. The SMILES string of the molecule is CC(NC(=O)/C=C/c1ccccc1)C(=O)Nc1nc(-c2ccc3c(c2)OCO3)cs1. The summed E-state index contributed by atoms with van der Waals surface area (Å²) in [4.78, 5) is 28.9. The van der Waals surface area contributed by atoms with Gasteiger partial charge in [-0.2, -0.15) is 0 Å². The molecule has 2 heterocycles. The topological polar surface area (TPSA) is 89.6 Å². The summed E-state index contributed by atoms with van der Waals surface area (Å²) in [5.41, 5.74) is 2.49. The zero-order chi connectivity index (χ0) is 20.9. The average molecular weight is 421 g/mol. The lowest BCUT2D eigenvalue weighted by Crippen LogP contribution is -2.40. The van der Waals surface area contributed by atoms with Gasteiger partial charge in [-0.25, -0.2) is 4.98 Å². The molecule has 1 aromatic heterocycles. The largest absolute Gasteiger partial charge is 0.454 e. The molecule has 4 rings (SSSR count). The summed E-state index contributed by atoms with van der Waals surface area (Å²) in [6, 6.07) is 14.3. The summed E-state index contributed by atoms with van der Waals surface area (Å²) in [7, 11) is 0. The average Bonchev–Trinajstić information content (AvgIpc) is 3.41. The molecule has 152 valence electrons. The van der Waals surface area contributed by atoms with Crippen molar-refractivity contribution in [2.24, 2.45) is 0 Å². The number of hydrogen-bond acceptors (Lipinski definition) is 6. The quantitative estimate of drug-likeness (QED) is 0.593. The van der Waals surface area contributed by atoms with E-state index in [-0.39, 0.29) is 18.6 Å². The van der Waals surface area contributed by atoms with Crippen molar-refractivity contribution in [3.05, 3.63) is 65.6 Å². The molecule has 2 N–H and O–H groups in total. The fraction of sp³-hybridized carbons (Fsp3) is 0.136. The molecule has 0 fully saturated rings. The van der Waals surface area contributed by atoms with Crippen LogP contribution in [0, 0.1) is 0 Å². The Balaban J connectivity index is 1.33. The molecule has 2 aromatic carbocycles. The Bertz CT molecular complexity index is 1090. The molecule has 3 aromatic rings. The van der Waals surface area contributed by atoms with Crippen LogP contribution >= 0.6 is 11.3 Å². The molecule has 0 spiro atoms. The van der Waals surface area contributed by atoms with Gasteiger partial charge >= 0.3 is 0 Å². The Kier molecular flexibility index (Phi) is 5.76. The molecule has 30 heavy (non-hydrogen) atoms. The minimum atomic E-state index is -0.712.